The maximum Gasteiger partial charge on any atom is 0.230 e. The topological polar surface area (TPSA) is 55.1 Å². The molecular weight excluding hydrogens is 304 g/mol. The Morgan fingerprint density at radius 3 is 2.95 bits per heavy atom. The van der Waals surface area contributed by atoms with Crippen LogP contribution in [-0.2, 0) is 10.5 Å². The van der Waals surface area contributed by atoms with Gasteiger partial charge in [-0.25, -0.2) is 0 Å². The number of nitrogens with two attached hydrogens (primary N) is 1. The highest BCUT2D eigenvalue weighted by molar-refractivity contribution is 7.99. The van der Waals surface area contributed by atoms with E-state index in [1.165, 1.54) is 17.5 Å². The maximum absolute atomic E-state index is 11.9. The Balaban J connectivity index is 0.00000220. The molecule has 3 N–H and O–H groups in total. The average molecular weight is 329 g/mol. The zero-order valence-electron chi connectivity index (χ0n) is 12.5. The molecule has 0 aliphatic heterocycles. The Bertz CT molecular complexity index is 456. The van der Waals surface area contributed by atoms with Crippen molar-refractivity contribution >= 4 is 30.1 Å². The zero-order chi connectivity index (χ0) is 14.4. The summed E-state index contributed by atoms with van der Waals surface area (Å²) in [5.41, 5.74) is 8.28. The number of hydrogen-bond donors (Lipinski definition) is 2. The van der Waals surface area contributed by atoms with Gasteiger partial charge in [0.1, 0.15) is 0 Å². The van der Waals surface area contributed by atoms with E-state index in [0.29, 0.717) is 24.3 Å². The molecule has 0 aromatic heterocycles. The summed E-state index contributed by atoms with van der Waals surface area (Å²) in [5, 5.41) is 3.14. The molecule has 1 aromatic carbocycles. The van der Waals surface area contributed by atoms with Gasteiger partial charge >= 0.3 is 0 Å². The zero-order valence-corrected chi connectivity index (χ0v) is 14.1. The molecule has 0 saturated heterocycles. The van der Waals surface area contributed by atoms with Gasteiger partial charge in [-0.05, 0) is 37.8 Å². The van der Waals surface area contributed by atoms with E-state index >= 15 is 0 Å². The van der Waals surface area contributed by atoms with Gasteiger partial charge in [0.2, 0.25) is 5.91 Å². The van der Waals surface area contributed by atoms with Crippen molar-refractivity contribution in [3.63, 3.8) is 0 Å². The average Bonchev–Trinajstić information content (AvgIpc) is 2.86. The van der Waals surface area contributed by atoms with Crippen molar-refractivity contribution in [1.29, 1.82) is 0 Å². The predicted molar refractivity (Wildman–Crippen MR) is 92.9 cm³/mol. The standard InChI is InChI=1S/C16H24N2OS.ClH/c1-12-4-2-5-13(8-12)10-20-11-16(19)18-15-7-3-6-14(15)9-17;/h2,4-5,8,14-15H,3,6-7,9-11,17H2,1H3,(H,18,19);1H. The van der Waals surface area contributed by atoms with E-state index in [-0.39, 0.29) is 18.3 Å². The molecule has 0 radical (unpaired) electrons. The minimum Gasteiger partial charge on any atom is -0.352 e. The van der Waals surface area contributed by atoms with E-state index in [0.717, 1.165) is 18.6 Å². The van der Waals surface area contributed by atoms with Crippen molar-refractivity contribution in [3.05, 3.63) is 35.4 Å². The first-order chi connectivity index (χ1) is 9.69. The van der Waals surface area contributed by atoms with Crippen LogP contribution >= 0.6 is 24.2 Å². The van der Waals surface area contributed by atoms with Crippen LogP contribution in [0.25, 0.3) is 0 Å². The van der Waals surface area contributed by atoms with E-state index in [4.69, 9.17) is 5.73 Å². The SMILES string of the molecule is Cc1cccc(CSCC(=O)NC2CCCC2CN)c1.Cl. The Kier molecular flexibility index (Phi) is 8.15. The van der Waals surface area contributed by atoms with Crippen LogP contribution in [0, 0.1) is 12.8 Å². The second-order valence-corrected chi connectivity index (χ2v) is 6.57. The van der Waals surface area contributed by atoms with E-state index in [1.807, 2.05) is 0 Å². The van der Waals surface area contributed by atoms with Gasteiger partial charge in [-0.3, -0.25) is 4.79 Å². The van der Waals surface area contributed by atoms with Crippen molar-refractivity contribution in [2.75, 3.05) is 12.3 Å². The number of thioether (sulfide) groups is 1. The van der Waals surface area contributed by atoms with Crippen LogP contribution in [0.15, 0.2) is 24.3 Å². The number of carbonyl (C=O) groups excluding carboxylic acids is 1. The molecule has 1 aliphatic carbocycles. The molecule has 5 heteroatoms. The first-order valence-electron chi connectivity index (χ1n) is 7.31. The number of carbonyl (C=O) groups is 1. The molecule has 118 valence electrons. The summed E-state index contributed by atoms with van der Waals surface area (Å²) in [6.45, 7) is 2.77. The summed E-state index contributed by atoms with van der Waals surface area (Å²) in [7, 11) is 0. The van der Waals surface area contributed by atoms with E-state index in [9.17, 15) is 4.79 Å². The van der Waals surface area contributed by atoms with Gasteiger partial charge in [0.05, 0.1) is 5.75 Å². The number of amides is 1. The van der Waals surface area contributed by atoms with Crippen LogP contribution < -0.4 is 11.1 Å². The van der Waals surface area contributed by atoms with Crippen LogP contribution in [0.1, 0.15) is 30.4 Å². The lowest BCUT2D eigenvalue weighted by molar-refractivity contribution is -0.119. The minimum absolute atomic E-state index is 0. The fourth-order valence-corrected chi connectivity index (χ4v) is 3.61. The lowest BCUT2D eigenvalue weighted by atomic mass is 10.0. The number of halogens is 1. The number of benzene rings is 1. The highest BCUT2D eigenvalue weighted by atomic mass is 35.5. The Labute approximate surface area is 137 Å². The molecule has 21 heavy (non-hydrogen) atoms. The first kappa shape index (κ1) is 18.3. The van der Waals surface area contributed by atoms with Crippen molar-refractivity contribution in [1.82, 2.24) is 5.32 Å². The summed E-state index contributed by atoms with van der Waals surface area (Å²) in [5.74, 6) is 2.04. The lowest BCUT2D eigenvalue weighted by Gasteiger charge is -2.19. The van der Waals surface area contributed by atoms with Crippen LogP contribution in [0.4, 0.5) is 0 Å². The molecule has 2 unspecified atom stereocenters. The van der Waals surface area contributed by atoms with Crippen molar-refractivity contribution in [2.24, 2.45) is 11.7 Å². The molecule has 1 fully saturated rings. The number of aryl methyl sites for hydroxylation is 1. The summed E-state index contributed by atoms with van der Waals surface area (Å²) >= 11 is 1.67. The summed E-state index contributed by atoms with van der Waals surface area (Å²) in [4.78, 5) is 11.9. The van der Waals surface area contributed by atoms with Gasteiger partial charge in [0.25, 0.3) is 0 Å². The predicted octanol–water partition coefficient (Wildman–Crippen LogP) is 2.89. The second-order valence-electron chi connectivity index (χ2n) is 5.58. The summed E-state index contributed by atoms with van der Waals surface area (Å²) in [6, 6.07) is 8.74. The minimum atomic E-state index is 0. The van der Waals surface area contributed by atoms with Crippen molar-refractivity contribution in [2.45, 2.75) is 38.0 Å². The molecule has 1 aromatic rings. The smallest absolute Gasteiger partial charge is 0.230 e. The van der Waals surface area contributed by atoms with Gasteiger partial charge in [0, 0.05) is 11.8 Å². The molecule has 3 nitrogen and oxygen atoms in total. The van der Waals surface area contributed by atoms with Gasteiger partial charge in [-0.1, -0.05) is 36.2 Å². The number of rotatable bonds is 6. The summed E-state index contributed by atoms with van der Waals surface area (Å²) < 4.78 is 0. The molecule has 1 aliphatic rings. The largest absolute Gasteiger partial charge is 0.352 e. The van der Waals surface area contributed by atoms with Crippen LogP contribution in [-0.4, -0.2) is 24.2 Å². The van der Waals surface area contributed by atoms with Crippen molar-refractivity contribution in [3.8, 4) is 0 Å². The number of hydrogen-bond acceptors (Lipinski definition) is 3. The van der Waals surface area contributed by atoms with Crippen LogP contribution in [0.5, 0.6) is 0 Å². The molecule has 0 heterocycles. The fraction of sp³-hybridized carbons (Fsp3) is 0.562. The number of nitrogens with one attached hydrogen (secondary N) is 1. The van der Waals surface area contributed by atoms with E-state index in [2.05, 4.69) is 36.5 Å². The third-order valence-electron chi connectivity index (χ3n) is 3.89. The van der Waals surface area contributed by atoms with Crippen LogP contribution in [0.2, 0.25) is 0 Å². The Morgan fingerprint density at radius 1 is 1.43 bits per heavy atom. The monoisotopic (exact) mass is 328 g/mol. The fourth-order valence-electron chi connectivity index (χ4n) is 2.82. The molecule has 2 atom stereocenters. The van der Waals surface area contributed by atoms with Gasteiger partial charge in [0.15, 0.2) is 0 Å². The quantitative estimate of drug-likeness (QED) is 0.844. The van der Waals surface area contributed by atoms with Crippen molar-refractivity contribution < 1.29 is 4.79 Å². The molecule has 0 bridgehead atoms. The Morgan fingerprint density at radius 2 is 2.24 bits per heavy atom. The molecule has 1 saturated carbocycles. The van der Waals surface area contributed by atoms with E-state index in [1.54, 1.807) is 11.8 Å². The summed E-state index contributed by atoms with van der Waals surface area (Å²) in [6.07, 6.45) is 3.41. The second kappa shape index (κ2) is 9.34. The molecule has 1 amide bonds. The highest BCUT2D eigenvalue weighted by Gasteiger charge is 2.26. The molecular formula is C16H25ClN2OS. The maximum atomic E-state index is 11.9. The first-order valence-corrected chi connectivity index (χ1v) is 8.47. The third kappa shape index (κ3) is 5.89. The van der Waals surface area contributed by atoms with Gasteiger partial charge in [-0.15, -0.1) is 24.2 Å². The highest BCUT2D eigenvalue weighted by Crippen LogP contribution is 2.24. The van der Waals surface area contributed by atoms with Gasteiger partial charge < -0.3 is 11.1 Å². The molecule has 2 rings (SSSR count). The Hall–Kier alpha value is -0.710. The lowest BCUT2D eigenvalue weighted by Crippen LogP contribution is -2.40. The molecule has 0 spiro atoms. The van der Waals surface area contributed by atoms with Crippen LogP contribution in [0.3, 0.4) is 0 Å². The van der Waals surface area contributed by atoms with E-state index < -0.39 is 0 Å². The third-order valence-corrected chi connectivity index (χ3v) is 4.90. The van der Waals surface area contributed by atoms with Gasteiger partial charge in [-0.2, -0.15) is 0 Å². The normalized spacial score (nSPS) is 20.9.